The Kier molecular flexibility index (Phi) is 4.52. The molecule has 3 aromatic rings. The molecule has 1 fully saturated rings. The first-order valence-corrected chi connectivity index (χ1v) is 10.5. The van der Waals surface area contributed by atoms with Gasteiger partial charge < -0.3 is 9.53 Å². The number of rotatable bonds is 6. The van der Waals surface area contributed by atoms with Gasteiger partial charge in [-0.25, -0.2) is 12.4 Å². The predicted octanol–water partition coefficient (Wildman–Crippen LogP) is 3.90. The Morgan fingerprint density at radius 2 is 1.89 bits per heavy atom. The molecule has 0 N–H and O–H groups in total. The summed E-state index contributed by atoms with van der Waals surface area (Å²) in [6.45, 7) is 0. The first-order valence-electron chi connectivity index (χ1n) is 9.03. The molecule has 1 saturated carbocycles. The maximum atomic E-state index is 13.5. The highest BCUT2D eigenvalue weighted by atomic mass is 32.2. The van der Waals surface area contributed by atoms with E-state index in [0.717, 1.165) is 36.5 Å². The van der Waals surface area contributed by atoms with E-state index in [0.29, 0.717) is 17.0 Å². The van der Waals surface area contributed by atoms with Crippen molar-refractivity contribution in [2.24, 2.45) is 0 Å². The van der Waals surface area contributed by atoms with E-state index in [1.165, 1.54) is 3.97 Å². The van der Waals surface area contributed by atoms with E-state index in [-0.39, 0.29) is 17.2 Å². The van der Waals surface area contributed by atoms with E-state index >= 15 is 0 Å². The molecule has 0 spiro atoms. The zero-order valence-electron chi connectivity index (χ0n) is 15.1. The first-order chi connectivity index (χ1) is 13.1. The fourth-order valence-electron chi connectivity index (χ4n) is 3.84. The molecule has 1 heterocycles. The summed E-state index contributed by atoms with van der Waals surface area (Å²) in [7, 11) is -2.23. The van der Waals surface area contributed by atoms with Gasteiger partial charge in [-0.1, -0.05) is 24.6 Å². The molecule has 5 nitrogen and oxygen atoms in total. The quantitative estimate of drug-likeness (QED) is 0.606. The minimum absolute atomic E-state index is 0.0644. The van der Waals surface area contributed by atoms with Crippen molar-refractivity contribution < 1.29 is 17.9 Å². The topological polar surface area (TPSA) is 65.4 Å². The second-order valence-electron chi connectivity index (χ2n) is 6.82. The summed E-state index contributed by atoms with van der Waals surface area (Å²) >= 11 is 0. The van der Waals surface area contributed by atoms with Crippen LogP contribution >= 0.6 is 0 Å². The van der Waals surface area contributed by atoms with Crippen LogP contribution in [0.3, 0.4) is 0 Å². The normalized spacial score (nSPS) is 14.9. The molecular formula is C21H21NO4S. The third-order valence-corrected chi connectivity index (χ3v) is 7.11. The molecule has 1 aliphatic carbocycles. The molecule has 0 saturated heterocycles. The summed E-state index contributed by atoms with van der Waals surface area (Å²) < 4.78 is 33.6. The third kappa shape index (κ3) is 2.84. The van der Waals surface area contributed by atoms with Crippen molar-refractivity contribution in [2.45, 2.75) is 36.5 Å². The van der Waals surface area contributed by atoms with Crippen molar-refractivity contribution in [2.75, 3.05) is 7.11 Å². The molecule has 4 rings (SSSR count). The van der Waals surface area contributed by atoms with Crippen molar-refractivity contribution in [3.63, 3.8) is 0 Å². The van der Waals surface area contributed by atoms with E-state index in [1.807, 2.05) is 6.07 Å². The Morgan fingerprint density at radius 1 is 1.15 bits per heavy atom. The van der Waals surface area contributed by atoms with Crippen molar-refractivity contribution in [3.05, 3.63) is 59.8 Å². The standard InChI is InChI=1S/C21H21NO4S/c1-26-16-10-11-19-18(14-16)21(15-6-5-7-15)20(12-13-23)22(19)27(24,25)17-8-3-2-4-9-17/h2-4,8-11,13-15H,5-7,12H2,1H3. The number of carbonyl (C=O) groups is 1. The van der Waals surface area contributed by atoms with Crippen molar-refractivity contribution in [1.82, 2.24) is 3.97 Å². The van der Waals surface area contributed by atoms with Gasteiger partial charge in [-0.15, -0.1) is 0 Å². The van der Waals surface area contributed by atoms with E-state index in [4.69, 9.17) is 4.74 Å². The van der Waals surface area contributed by atoms with Crippen LogP contribution in [0, 0.1) is 0 Å². The molecule has 0 unspecified atom stereocenters. The van der Waals surface area contributed by atoms with Gasteiger partial charge in [0.2, 0.25) is 0 Å². The maximum absolute atomic E-state index is 13.5. The summed E-state index contributed by atoms with van der Waals surface area (Å²) in [5, 5.41) is 0.857. The van der Waals surface area contributed by atoms with Crippen LogP contribution in [0.1, 0.15) is 36.4 Å². The largest absolute Gasteiger partial charge is 0.497 e. The Labute approximate surface area is 158 Å². The molecule has 0 bridgehead atoms. The number of carbonyl (C=O) groups excluding carboxylic acids is 1. The lowest BCUT2D eigenvalue weighted by atomic mass is 9.78. The van der Waals surface area contributed by atoms with Crippen LogP contribution in [0.25, 0.3) is 10.9 Å². The fraction of sp³-hybridized carbons (Fsp3) is 0.286. The molecular weight excluding hydrogens is 362 g/mol. The molecule has 0 amide bonds. The van der Waals surface area contributed by atoms with Crippen LogP contribution in [-0.2, 0) is 21.2 Å². The molecule has 0 aliphatic heterocycles. The molecule has 27 heavy (non-hydrogen) atoms. The van der Waals surface area contributed by atoms with Gasteiger partial charge in [0.15, 0.2) is 0 Å². The molecule has 140 valence electrons. The zero-order chi connectivity index (χ0) is 19.0. The average Bonchev–Trinajstić information content (AvgIpc) is 2.95. The van der Waals surface area contributed by atoms with Gasteiger partial charge >= 0.3 is 0 Å². The van der Waals surface area contributed by atoms with Crippen LogP contribution in [0.4, 0.5) is 0 Å². The molecule has 0 radical (unpaired) electrons. The number of benzene rings is 2. The minimum atomic E-state index is -3.82. The maximum Gasteiger partial charge on any atom is 0.268 e. The van der Waals surface area contributed by atoms with Crippen LogP contribution in [0.5, 0.6) is 5.75 Å². The average molecular weight is 383 g/mol. The highest BCUT2D eigenvalue weighted by Crippen LogP contribution is 2.44. The molecule has 1 aromatic heterocycles. The lowest BCUT2D eigenvalue weighted by molar-refractivity contribution is -0.107. The summed E-state index contributed by atoms with van der Waals surface area (Å²) in [5.74, 6) is 0.955. The monoisotopic (exact) mass is 383 g/mol. The highest BCUT2D eigenvalue weighted by Gasteiger charge is 2.32. The SMILES string of the molecule is COc1ccc2c(c1)c(C1CCC1)c(CC=O)n2S(=O)(=O)c1ccccc1. The number of aldehydes is 1. The predicted molar refractivity (Wildman–Crippen MR) is 104 cm³/mol. The van der Waals surface area contributed by atoms with E-state index in [1.54, 1.807) is 49.6 Å². The number of hydrogen-bond acceptors (Lipinski definition) is 4. The van der Waals surface area contributed by atoms with Gasteiger partial charge in [0.1, 0.15) is 12.0 Å². The second kappa shape index (κ2) is 6.85. The zero-order valence-corrected chi connectivity index (χ0v) is 15.9. The third-order valence-electron chi connectivity index (χ3n) is 5.34. The summed E-state index contributed by atoms with van der Waals surface area (Å²) in [4.78, 5) is 11.7. The summed E-state index contributed by atoms with van der Waals surface area (Å²) in [6.07, 6.45) is 3.98. The molecule has 6 heteroatoms. The fourth-order valence-corrected chi connectivity index (χ4v) is 5.43. The van der Waals surface area contributed by atoms with Crippen LogP contribution < -0.4 is 4.74 Å². The number of aromatic nitrogens is 1. The second-order valence-corrected chi connectivity index (χ2v) is 8.61. The van der Waals surface area contributed by atoms with Gasteiger partial charge in [0.05, 0.1) is 17.5 Å². The van der Waals surface area contributed by atoms with Crippen molar-refractivity contribution in [3.8, 4) is 5.75 Å². The van der Waals surface area contributed by atoms with Gasteiger partial charge in [0, 0.05) is 17.5 Å². The molecule has 2 aromatic carbocycles. The van der Waals surface area contributed by atoms with E-state index in [2.05, 4.69) is 0 Å². The Balaban J connectivity index is 2.07. The van der Waals surface area contributed by atoms with Gasteiger partial charge in [-0.05, 0) is 54.7 Å². The van der Waals surface area contributed by atoms with Crippen LogP contribution in [-0.4, -0.2) is 25.8 Å². The lowest BCUT2D eigenvalue weighted by Gasteiger charge is -2.26. The van der Waals surface area contributed by atoms with E-state index < -0.39 is 10.0 Å². The number of hydrogen-bond donors (Lipinski definition) is 0. The van der Waals surface area contributed by atoms with Crippen molar-refractivity contribution in [1.29, 1.82) is 0 Å². The summed E-state index contributed by atoms with van der Waals surface area (Å²) in [6, 6.07) is 13.8. The van der Waals surface area contributed by atoms with Gasteiger partial charge in [-0.3, -0.25) is 0 Å². The van der Waals surface area contributed by atoms with Crippen LogP contribution in [0.15, 0.2) is 53.4 Å². The Bertz CT molecular complexity index is 1100. The Morgan fingerprint density at radius 3 is 2.48 bits per heavy atom. The summed E-state index contributed by atoms with van der Waals surface area (Å²) in [5.41, 5.74) is 2.14. The number of ether oxygens (including phenoxy) is 1. The van der Waals surface area contributed by atoms with Gasteiger partial charge in [0.25, 0.3) is 10.0 Å². The van der Waals surface area contributed by atoms with Gasteiger partial charge in [-0.2, -0.15) is 0 Å². The van der Waals surface area contributed by atoms with Crippen LogP contribution in [0.2, 0.25) is 0 Å². The number of fused-ring (bicyclic) bond motifs is 1. The lowest BCUT2D eigenvalue weighted by Crippen LogP contribution is -2.18. The molecule has 1 aliphatic rings. The van der Waals surface area contributed by atoms with Crippen molar-refractivity contribution >= 4 is 27.2 Å². The highest BCUT2D eigenvalue weighted by molar-refractivity contribution is 7.90. The number of nitrogens with zero attached hydrogens (tertiary/aromatic N) is 1. The minimum Gasteiger partial charge on any atom is -0.497 e. The Hall–Kier alpha value is -2.60. The van der Waals surface area contributed by atoms with E-state index in [9.17, 15) is 13.2 Å². The first kappa shape index (κ1) is 17.8. The smallest absolute Gasteiger partial charge is 0.268 e. The molecule has 0 atom stereocenters. The number of methoxy groups -OCH3 is 1.